The third-order valence-corrected chi connectivity index (χ3v) is 11.9. The van der Waals surface area contributed by atoms with Crippen LogP contribution in [0.15, 0.2) is 36.4 Å². The average molecular weight is 874 g/mol. The Morgan fingerprint density at radius 1 is 0.951 bits per heavy atom. The minimum absolute atomic E-state index is 0.00463. The molecule has 17 heteroatoms. The summed E-state index contributed by atoms with van der Waals surface area (Å²) in [6, 6.07) is 8.62. The van der Waals surface area contributed by atoms with Crippen LogP contribution in [0.25, 0.3) is 33.5 Å². The number of likely N-dealkylation sites (tertiary alicyclic amines) is 2. The van der Waals surface area contributed by atoms with Gasteiger partial charge in [-0.3, -0.25) is 14.5 Å². The lowest BCUT2D eigenvalue weighted by Gasteiger charge is -2.28. The SMILES string of the molecule is CCC(NC)C(=O)N1CC(F)CC1Cc1c(-c2nc3cc(F)ccc3n2CC2CC(F)CN2C)[nH]c2cc(Cl)ccc12.CNC(C)C(=O)NC(C=O)C(C)C.CNC(C)C=O. The smallest absolute Gasteiger partial charge is 0.240 e. The van der Waals surface area contributed by atoms with Gasteiger partial charge in [0.2, 0.25) is 11.8 Å². The Balaban J connectivity index is 0.000000360. The lowest BCUT2D eigenvalue weighted by Crippen LogP contribution is -2.47. The van der Waals surface area contributed by atoms with Crippen LogP contribution in [-0.2, 0) is 32.1 Å². The molecule has 4 aromatic rings. The van der Waals surface area contributed by atoms with E-state index in [-0.39, 0.29) is 66.9 Å². The molecule has 5 N–H and O–H groups in total. The molecule has 0 spiro atoms. The largest absolute Gasteiger partial charge is 0.352 e. The van der Waals surface area contributed by atoms with E-state index < -0.39 is 18.2 Å². The Kier molecular flexibility index (Phi) is 18.3. The topological polar surface area (TPSA) is 156 Å². The number of H-pyrrole nitrogens is 1. The van der Waals surface area contributed by atoms with Crippen LogP contribution >= 0.6 is 11.6 Å². The molecule has 0 saturated carbocycles. The second kappa shape index (κ2) is 22.7. The number of imidazole rings is 1. The number of aldehydes is 2. The van der Waals surface area contributed by atoms with Crippen molar-refractivity contribution in [2.75, 3.05) is 41.3 Å². The molecule has 8 atom stereocenters. The Bertz CT molecular complexity index is 2090. The predicted octanol–water partition coefficient (Wildman–Crippen LogP) is 5.23. The summed E-state index contributed by atoms with van der Waals surface area (Å²) in [6.07, 6.45) is 1.23. The number of hydrogen-bond donors (Lipinski definition) is 5. The van der Waals surface area contributed by atoms with Gasteiger partial charge in [-0.15, -0.1) is 0 Å². The van der Waals surface area contributed by atoms with E-state index in [0.29, 0.717) is 54.4 Å². The molecule has 2 amide bonds. The Labute approximate surface area is 361 Å². The lowest BCUT2D eigenvalue weighted by molar-refractivity contribution is -0.134. The molecule has 0 aliphatic carbocycles. The average Bonchev–Trinajstić information content (AvgIpc) is 3.98. The zero-order valence-corrected chi connectivity index (χ0v) is 37.5. The fraction of sp³-hybridized carbons (Fsp3) is 0.568. The third kappa shape index (κ3) is 12.4. The maximum absolute atomic E-state index is 14.9. The second-order valence-electron chi connectivity index (χ2n) is 16.3. The molecule has 4 heterocycles. The van der Waals surface area contributed by atoms with Gasteiger partial charge in [-0.05, 0) is 97.0 Å². The minimum Gasteiger partial charge on any atom is -0.352 e. The van der Waals surface area contributed by atoms with Crippen molar-refractivity contribution in [2.24, 2.45) is 5.92 Å². The van der Waals surface area contributed by atoms with Gasteiger partial charge in [0.25, 0.3) is 0 Å². The molecule has 2 aliphatic heterocycles. The molecule has 0 radical (unpaired) electrons. The number of rotatable bonds is 15. The number of carbonyl (C=O) groups excluding carboxylic acids is 4. The number of hydrogen-bond acceptors (Lipinski definition) is 9. The number of aromatic nitrogens is 3. The van der Waals surface area contributed by atoms with Crippen LogP contribution in [0.1, 0.15) is 59.4 Å². The first-order chi connectivity index (χ1) is 29.0. The molecule has 2 aliphatic rings. The van der Waals surface area contributed by atoms with E-state index in [4.69, 9.17) is 16.6 Å². The van der Waals surface area contributed by atoms with Crippen molar-refractivity contribution in [2.45, 2.75) is 115 Å². The fourth-order valence-corrected chi connectivity index (χ4v) is 7.82. The Morgan fingerprint density at radius 3 is 2.20 bits per heavy atom. The van der Waals surface area contributed by atoms with Crippen molar-refractivity contribution in [1.29, 1.82) is 0 Å². The molecule has 2 aromatic carbocycles. The number of amides is 2. The van der Waals surface area contributed by atoms with Crippen LogP contribution in [-0.4, -0.2) is 139 Å². The van der Waals surface area contributed by atoms with E-state index in [2.05, 4.69) is 26.3 Å². The van der Waals surface area contributed by atoms with Gasteiger partial charge in [0.1, 0.15) is 30.7 Å². The normalized spacial score (nSPS) is 21.0. The molecule has 8 unspecified atom stereocenters. The number of halogens is 4. The number of carbonyl (C=O) groups is 4. The van der Waals surface area contributed by atoms with Gasteiger partial charge in [0.05, 0.1) is 47.4 Å². The maximum atomic E-state index is 14.9. The van der Waals surface area contributed by atoms with Crippen LogP contribution in [0, 0.1) is 11.7 Å². The molecular formula is C44H63ClF3N9O4. The quantitative estimate of drug-likeness (QED) is 0.101. The predicted molar refractivity (Wildman–Crippen MR) is 236 cm³/mol. The third-order valence-electron chi connectivity index (χ3n) is 11.6. The Hall–Kier alpha value is -4.35. The van der Waals surface area contributed by atoms with E-state index in [1.165, 1.54) is 12.1 Å². The van der Waals surface area contributed by atoms with Crippen molar-refractivity contribution >= 4 is 57.9 Å². The summed E-state index contributed by atoms with van der Waals surface area (Å²) < 4.78 is 45.6. The highest BCUT2D eigenvalue weighted by Gasteiger charge is 2.39. The first kappa shape index (κ1) is 49.3. The van der Waals surface area contributed by atoms with Crippen LogP contribution in [0.2, 0.25) is 5.02 Å². The fourth-order valence-electron chi connectivity index (χ4n) is 7.65. The highest BCUT2D eigenvalue weighted by molar-refractivity contribution is 6.31. The van der Waals surface area contributed by atoms with Gasteiger partial charge >= 0.3 is 0 Å². The zero-order valence-electron chi connectivity index (χ0n) is 36.7. The van der Waals surface area contributed by atoms with Gasteiger partial charge < -0.3 is 45.3 Å². The van der Waals surface area contributed by atoms with Gasteiger partial charge in [-0.1, -0.05) is 38.4 Å². The summed E-state index contributed by atoms with van der Waals surface area (Å²) in [5.74, 6) is 0.0670. The molecule has 2 aromatic heterocycles. The number of nitrogens with one attached hydrogen (secondary N) is 5. The van der Waals surface area contributed by atoms with E-state index in [1.54, 1.807) is 46.0 Å². The van der Waals surface area contributed by atoms with Crippen molar-refractivity contribution in [1.82, 2.24) is 45.6 Å². The van der Waals surface area contributed by atoms with Crippen LogP contribution in [0.5, 0.6) is 0 Å². The number of nitrogens with zero attached hydrogens (tertiary/aromatic N) is 4. The summed E-state index contributed by atoms with van der Waals surface area (Å²) in [7, 11) is 7.10. The summed E-state index contributed by atoms with van der Waals surface area (Å²) in [5.41, 5.74) is 3.61. The number of benzene rings is 2. The number of likely N-dealkylation sites (N-methyl/N-ethyl adjacent to an activating group) is 4. The molecule has 6 rings (SSSR count). The number of alkyl halides is 2. The standard InChI is InChI=1S/C31H36ClF3N6O.C9H18N2O2.C4H9NO/c1-4-25(36-2)31(42)40-15-20(35)10-21(40)13-24-23-7-5-17(32)9-26(23)37-29(24)30-38-27-12-18(33)6-8-28(27)41(30)16-22-11-19(34)14-39(22)3;1-6(2)8(5-12)11-9(13)7(3)10-4;1-4(3-6)5-2/h5-9,12,19-22,25,36-37H,4,10-11,13-16H2,1-3H3;5-8,10H,1-4H3,(H,11,13);3-5H,1-2H3. The van der Waals surface area contributed by atoms with Crippen molar-refractivity contribution in [3.63, 3.8) is 0 Å². The highest BCUT2D eigenvalue weighted by Crippen LogP contribution is 2.37. The van der Waals surface area contributed by atoms with E-state index in [1.807, 2.05) is 55.5 Å². The van der Waals surface area contributed by atoms with Crippen molar-refractivity contribution in [3.05, 3.63) is 52.8 Å². The van der Waals surface area contributed by atoms with E-state index in [0.717, 1.165) is 34.6 Å². The molecule has 2 fully saturated rings. The number of aromatic amines is 1. The van der Waals surface area contributed by atoms with Crippen LogP contribution < -0.4 is 21.3 Å². The summed E-state index contributed by atoms with van der Waals surface area (Å²) >= 11 is 6.37. The van der Waals surface area contributed by atoms with Gasteiger partial charge in [0, 0.05) is 53.6 Å². The van der Waals surface area contributed by atoms with E-state index in [9.17, 15) is 32.3 Å². The summed E-state index contributed by atoms with van der Waals surface area (Å²) in [4.78, 5) is 57.0. The summed E-state index contributed by atoms with van der Waals surface area (Å²) in [5, 5.41) is 12.7. The van der Waals surface area contributed by atoms with E-state index >= 15 is 0 Å². The molecule has 2 saturated heterocycles. The lowest BCUT2D eigenvalue weighted by atomic mass is 9.99. The summed E-state index contributed by atoms with van der Waals surface area (Å²) in [6.45, 7) is 10.1. The monoisotopic (exact) mass is 873 g/mol. The maximum Gasteiger partial charge on any atom is 0.240 e. The molecular weight excluding hydrogens is 811 g/mol. The second-order valence-corrected chi connectivity index (χ2v) is 16.8. The molecule has 336 valence electrons. The zero-order chi connectivity index (χ0) is 45.1. The highest BCUT2D eigenvalue weighted by atomic mass is 35.5. The number of fused-ring (bicyclic) bond motifs is 2. The van der Waals surface area contributed by atoms with Crippen LogP contribution in [0.3, 0.4) is 0 Å². The molecule has 13 nitrogen and oxygen atoms in total. The first-order valence-corrected chi connectivity index (χ1v) is 21.4. The molecule has 0 bridgehead atoms. The van der Waals surface area contributed by atoms with Gasteiger partial charge in [0.15, 0.2) is 5.82 Å². The first-order valence-electron chi connectivity index (χ1n) is 21.0. The van der Waals surface area contributed by atoms with Gasteiger partial charge in [-0.2, -0.15) is 0 Å². The van der Waals surface area contributed by atoms with Crippen molar-refractivity contribution in [3.8, 4) is 11.5 Å². The van der Waals surface area contributed by atoms with Crippen LogP contribution in [0.4, 0.5) is 13.2 Å². The molecule has 61 heavy (non-hydrogen) atoms. The Morgan fingerprint density at radius 2 is 1.64 bits per heavy atom. The van der Waals surface area contributed by atoms with Gasteiger partial charge in [-0.25, -0.2) is 18.2 Å². The minimum atomic E-state index is -1.12. The van der Waals surface area contributed by atoms with Crippen molar-refractivity contribution < 1.29 is 32.3 Å².